The molecule has 8 heteroatoms. The van der Waals surface area contributed by atoms with Gasteiger partial charge in [0.05, 0.1) is 19.0 Å². The van der Waals surface area contributed by atoms with Crippen LogP contribution in [0.4, 0.5) is 0 Å². The lowest BCUT2D eigenvalue weighted by atomic mass is 9.56. The van der Waals surface area contributed by atoms with Crippen molar-refractivity contribution in [2.75, 3.05) is 6.61 Å². The van der Waals surface area contributed by atoms with Crippen molar-refractivity contribution in [1.82, 2.24) is 0 Å². The summed E-state index contributed by atoms with van der Waals surface area (Å²) in [5.74, 6) is -0.367. The molecule has 0 aromatic heterocycles. The second-order valence-corrected chi connectivity index (χ2v) is 9.35. The lowest BCUT2D eigenvalue weighted by Crippen LogP contribution is -2.58. The van der Waals surface area contributed by atoms with Crippen LogP contribution in [0.15, 0.2) is 24.5 Å². The van der Waals surface area contributed by atoms with E-state index < -0.39 is 48.8 Å². The molecule has 0 aromatic rings. The maximum Gasteiger partial charge on any atom is 0.228 e. The number of aliphatic hydroxyl groups is 5. The summed E-state index contributed by atoms with van der Waals surface area (Å²) < 4.78 is 11.0. The summed E-state index contributed by atoms with van der Waals surface area (Å²) >= 11 is 0. The zero-order valence-electron chi connectivity index (χ0n) is 17.7. The predicted molar refractivity (Wildman–Crippen MR) is 107 cm³/mol. The Morgan fingerprint density at radius 1 is 1.27 bits per heavy atom. The Balaban J connectivity index is 1.84. The third-order valence-corrected chi connectivity index (χ3v) is 7.44. The Hall–Kier alpha value is -1.29. The average molecular weight is 427 g/mol. The number of allylic oxidation sites excluding steroid dienone is 2. The number of carbonyl (C=O) groups excluding carboxylic acids is 1. The van der Waals surface area contributed by atoms with Crippen molar-refractivity contribution < 1.29 is 39.8 Å². The van der Waals surface area contributed by atoms with Crippen LogP contribution >= 0.6 is 0 Å². The molecule has 3 aliphatic rings. The molecule has 3 rings (SSSR count). The first-order valence-electron chi connectivity index (χ1n) is 10.5. The standard InChI is InChI=1S/C22H34O8/c1-5-22(4)7-14(25)16-11(3)13(24)6-12(16)17(22)10(2)9-29-21-20(28)19(27)18(26)15(8-23)30-21/h5,9,11-12,14-21,23,25-28H,1,6-8H2,2-4H3. The number of ether oxygens (including phenoxy) is 2. The summed E-state index contributed by atoms with van der Waals surface area (Å²) in [6.45, 7) is 9.15. The quantitative estimate of drug-likeness (QED) is 0.309. The van der Waals surface area contributed by atoms with Crippen LogP contribution in [0.25, 0.3) is 0 Å². The lowest BCUT2D eigenvalue weighted by molar-refractivity contribution is -0.288. The monoisotopic (exact) mass is 426 g/mol. The van der Waals surface area contributed by atoms with E-state index in [1.54, 1.807) is 0 Å². The van der Waals surface area contributed by atoms with Gasteiger partial charge in [-0.2, -0.15) is 0 Å². The lowest BCUT2D eigenvalue weighted by Gasteiger charge is -2.49. The van der Waals surface area contributed by atoms with Crippen LogP contribution in [0.5, 0.6) is 0 Å². The summed E-state index contributed by atoms with van der Waals surface area (Å²) in [7, 11) is 0. The summed E-state index contributed by atoms with van der Waals surface area (Å²) in [6.07, 6.45) is -3.25. The molecule has 0 bridgehead atoms. The SMILES string of the molecule is C=CC1(C)CC(O)C2C(C)C(=O)CC2C1C(C)=COC1OC(CO)C(O)C(O)C1O. The molecule has 1 saturated heterocycles. The molecule has 0 amide bonds. The molecule has 170 valence electrons. The highest BCUT2D eigenvalue weighted by atomic mass is 16.7. The number of aliphatic hydroxyl groups excluding tert-OH is 5. The second kappa shape index (κ2) is 8.68. The highest BCUT2D eigenvalue weighted by molar-refractivity contribution is 5.84. The molecule has 5 N–H and O–H groups in total. The second-order valence-electron chi connectivity index (χ2n) is 9.35. The molecule has 0 aromatic carbocycles. The number of hydrogen-bond acceptors (Lipinski definition) is 8. The number of carbonyl (C=O) groups is 1. The number of hydrogen-bond donors (Lipinski definition) is 5. The molecule has 2 saturated carbocycles. The minimum absolute atomic E-state index is 0.0612. The van der Waals surface area contributed by atoms with Gasteiger partial charge in [-0.1, -0.05) is 19.9 Å². The van der Waals surface area contributed by atoms with E-state index >= 15 is 0 Å². The smallest absolute Gasteiger partial charge is 0.228 e. The number of rotatable bonds is 5. The molecule has 0 spiro atoms. The van der Waals surface area contributed by atoms with Gasteiger partial charge in [-0.15, -0.1) is 6.58 Å². The molecule has 3 fully saturated rings. The Morgan fingerprint density at radius 3 is 2.53 bits per heavy atom. The highest BCUT2D eigenvalue weighted by Gasteiger charge is 2.56. The Kier molecular flexibility index (Phi) is 6.77. The van der Waals surface area contributed by atoms with Crippen LogP contribution in [0, 0.1) is 29.1 Å². The van der Waals surface area contributed by atoms with E-state index in [0.717, 1.165) is 5.57 Å². The molecule has 2 aliphatic carbocycles. The fourth-order valence-corrected chi connectivity index (χ4v) is 5.80. The molecule has 11 unspecified atom stereocenters. The third-order valence-electron chi connectivity index (χ3n) is 7.44. The normalized spacial score (nSPS) is 49.6. The first-order chi connectivity index (χ1) is 14.1. The van der Waals surface area contributed by atoms with Gasteiger partial charge >= 0.3 is 0 Å². The van der Waals surface area contributed by atoms with Crippen LogP contribution in [0.1, 0.15) is 33.6 Å². The van der Waals surface area contributed by atoms with Gasteiger partial charge in [-0.25, -0.2) is 0 Å². The van der Waals surface area contributed by atoms with Crippen molar-refractivity contribution in [2.24, 2.45) is 29.1 Å². The topological polar surface area (TPSA) is 137 Å². The van der Waals surface area contributed by atoms with Crippen molar-refractivity contribution in [3.05, 3.63) is 24.5 Å². The van der Waals surface area contributed by atoms with E-state index in [9.17, 15) is 30.3 Å². The fourth-order valence-electron chi connectivity index (χ4n) is 5.80. The van der Waals surface area contributed by atoms with Crippen molar-refractivity contribution in [1.29, 1.82) is 0 Å². The number of fused-ring (bicyclic) bond motifs is 1. The van der Waals surface area contributed by atoms with E-state index in [1.165, 1.54) is 6.26 Å². The highest BCUT2D eigenvalue weighted by Crippen LogP contribution is 2.56. The first kappa shape index (κ1) is 23.4. The van der Waals surface area contributed by atoms with Gasteiger partial charge in [0.15, 0.2) is 0 Å². The van der Waals surface area contributed by atoms with Gasteiger partial charge in [0.2, 0.25) is 6.29 Å². The summed E-state index contributed by atoms with van der Waals surface area (Å²) in [4.78, 5) is 12.4. The maximum atomic E-state index is 12.4. The summed E-state index contributed by atoms with van der Waals surface area (Å²) in [5, 5.41) is 50.1. The zero-order chi connectivity index (χ0) is 22.4. The largest absolute Gasteiger partial charge is 0.470 e. The van der Waals surface area contributed by atoms with E-state index in [4.69, 9.17) is 9.47 Å². The number of ketones is 1. The minimum Gasteiger partial charge on any atom is -0.470 e. The molecular formula is C22H34O8. The zero-order valence-corrected chi connectivity index (χ0v) is 17.7. The van der Waals surface area contributed by atoms with Crippen molar-refractivity contribution in [2.45, 2.75) is 70.4 Å². The molecule has 0 radical (unpaired) electrons. The van der Waals surface area contributed by atoms with Crippen LogP contribution in [-0.4, -0.2) is 74.7 Å². The van der Waals surface area contributed by atoms with Gasteiger partial charge < -0.3 is 35.0 Å². The van der Waals surface area contributed by atoms with Crippen molar-refractivity contribution in [3.63, 3.8) is 0 Å². The molecule has 11 atom stereocenters. The van der Waals surface area contributed by atoms with Crippen LogP contribution < -0.4 is 0 Å². The average Bonchev–Trinajstić information content (AvgIpc) is 3.00. The van der Waals surface area contributed by atoms with Gasteiger partial charge in [0.1, 0.15) is 30.2 Å². The molecule has 1 heterocycles. The maximum absolute atomic E-state index is 12.4. The Morgan fingerprint density at radius 2 is 1.93 bits per heavy atom. The van der Waals surface area contributed by atoms with Crippen molar-refractivity contribution in [3.8, 4) is 0 Å². The fraction of sp³-hybridized carbons (Fsp3) is 0.773. The van der Waals surface area contributed by atoms with Crippen LogP contribution in [0.3, 0.4) is 0 Å². The summed E-state index contributed by atoms with van der Waals surface area (Å²) in [5.41, 5.74) is 0.350. The molecular weight excluding hydrogens is 392 g/mol. The number of Topliss-reactive ketones (excluding diaryl/α,β-unsaturated/α-hetero) is 1. The Labute approximate surface area is 176 Å². The molecule has 1 aliphatic heterocycles. The van der Waals surface area contributed by atoms with Gasteiger partial charge in [0.25, 0.3) is 0 Å². The van der Waals surface area contributed by atoms with Gasteiger partial charge in [-0.05, 0) is 42.1 Å². The van der Waals surface area contributed by atoms with E-state index in [1.807, 2.05) is 26.8 Å². The molecule has 8 nitrogen and oxygen atoms in total. The van der Waals surface area contributed by atoms with E-state index in [2.05, 4.69) is 6.58 Å². The van der Waals surface area contributed by atoms with Crippen LogP contribution in [-0.2, 0) is 14.3 Å². The first-order valence-corrected chi connectivity index (χ1v) is 10.5. The van der Waals surface area contributed by atoms with E-state index in [0.29, 0.717) is 12.8 Å². The molecule has 30 heavy (non-hydrogen) atoms. The summed E-state index contributed by atoms with van der Waals surface area (Å²) in [6, 6.07) is 0. The van der Waals surface area contributed by atoms with Crippen molar-refractivity contribution >= 4 is 5.78 Å². The van der Waals surface area contributed by atoms with Gasteiger partial charge in [-0.3, -0.25) is 4.79 Å². The Bertz CT molecular complexity index is 691. The minimum atomic E-state index is -1.52. The third kappa shape index (κ3) is 3.85. The predicted octanol–water partition coefficient (Wildman–Crippen LogP) is 0.121. The van der Waals surface area contributed by atoms with Crippen LogP contribution in [0.2, 0.25) is 0 Å². The van der Waals surface area contributed by atoms with Gasteiger partial charge in [0, 0.05) is 12.3 Å². The van der Waals surface area contributed by atoms with E-state index in [-0.39, 0.29) is 29.5 Å².